The lowest BCUT2D eigenvalue weighted by Gasteiger charge is -2.37. The second-order valence-corrected chi connectivity index (χ2v) is 4.51. The van der Waals surface area contributed by atoms with Crippen molar-refractivity contribution >= 4 is 24.3 Å². The molecule has 6 heteroatoms. The fraction of sp³-hybridized carbons (Fsp3) is 0.818. The van der Waals surface area contributed by atoms with E-state index in [1.165, 1.54) is 7.11 Å². The van der Waals surface area contributed by atoms with Gasteiger partial charge in [-0.3, -0.25) is 4.79 Å². The van der Waals surface area contributed by atoms with Crippen LogP contribution in [0.3, 0.4) is 0 Å². The van der Waals surface area contributed by atoms with Gasteiger partial charge in [0, 0.05) is 0 Å². The molecule has 0 aromatic rings. The van der Waals surface area contributed by atoms with Gasteiger partial charge >= 0.3 is 5.97 Å². The maximum atomic E-state index is 11.8. The highest BCUT2D eigenvalue weighted by Crippen LogP contribution is 2.32. The highest BCUT2D eigenvalue weighted by Gasteiger charge is 2.43. The zero-order valence-corrected chi connectivity index (χ0v) is 11.1. The largest absolute Gasteiger partial charge is 0.467 e. The van der Waals surface area contributed by atoms with Crippen molar-refractivity contribution in [3.63, 3.8) is 0 Å². The minimum atomic E-state index is -0.849. The van der Waals surface area contributed by atoms with Crippen LogP contribution in [0.5, 0.6) is 0 Å². The third-order valence-corrected chi connectivity index (χ3v) is 3.27. The van der Waals surface area contributed by atoms with Gasteiger partial charge in [-0.05, 0) is 31.6 Å². The fourth-order valence-electron chi connectivity index (χ4n) is 2.15. The van der Waals surface area contributed by atoms with Crippen molar-refractivity contribution in [1.82, 2.24) is 5.32 Å². The maximum absolute atomic E-state index is 11.8. The van der Waals surface area contributed by atoms with E-state index in [2.05, 4.69) is 12.2 Å². The molecular weight excluding hydrogens is 244 g/mol. The summed E-state index contributed by atoms with van der Waals surface area (Å²) in [4.78, 5) is 23.1. The number of carbonyl (C=O) groups is 2. The number of rotatable bonds is 3. The van der Waals surface area contributed by atoms with Crippen molar-refractivity contribution in [1.29, 1.82) is 0 Å². The summed E-state index contributed by atoms with van der Waals surface area (Å²) in [6.45, 7) is 2.04. The van der Waals surface area contributed by atoms with E-state index >= 15 is 0 Å². The number of carbonyl (C=O) groups excluding carboxylic acids is 2. The summed E-state index contributed by atoms with van der Waals surface area (Å²) in [6.07, 6.45) is 3.10. The summed E-state index contributed by atoms with van der Waals surface area (Å²) in [7, 11) is 1.34. The molecule has 0 aromatic carbocycles. The third kappa shape index (κ3) is 3.85. The van der Waals surface area contributed by atoms with Gasteiger partial charge in [0.25, 0.3) is 0 Å². The van der Waals surface area contributed by atoms with E-state index in [1.54, 1.807) is 0 Å². The Bertz CT molecular complexity index is 276. The van der Waals surface area contributed by atoms with Crippen molar-refractivity contribution in [2.24, 2.45) is 11.7 Å². The van der Waals surface area contributed by atoms with E-state index in [9.17, 15) is 9.59 Å². The van der Waals surface area contributed by atoms with Gasteiger partial charge < -0.3 is 15.8 Å². The lowest BCUT2D eigenvalue weighted by Crippen LogP contribution is -2.57. The second kappa shape index (κ2) is 6.81. The molecule has 1 aliphatic carbocycles. The molecule has 0 radical (unpaired) electrons. The summed E-state index contributed by atoms with van der Waals surface area (Å²) >= 11 is 0. The van der Waals surface area contributed by atoms with Gasteiger partial charge in [-0.25, -0.2) is 4.79 Å². The Balaban J connectivity index is 0.00000256. The summed E-state index contributed by atoms with van der Waals surface area (Å²) in [5.74, 6) is -0.0753. The molecule has 100 valence electrons. The summed E-state index contributed by atoms with van der Waals surface area (Å²) in [6, 6.07) is 0. The summed E-state index contributed by atoms with van der Waals surface area (Å²) in [5, 5.41) is 2.71. The standard InChI is InChI=1S/C11H20N2O3.ClH/c1-8-3-5-11(6-4-8,10(15)16-2)13-9(14)7-12;/h8H,3-7,12H2,1-2H3,(H,13,14);1H. The lowest BCUT2D eigenvalue weighted by molar-refractivity contribution is -0.152. The number of hydrogen-bond acceptors (Lipinski definition) is 4. The molecule has 0 unspecified atom stereocenters. The zero-order valence-electron chi connectivity index (χ0n) is 10.3. The van der Waals surface area contributed by atoms with Crippen molar-refractivity contribution in [2.75, 3.05) is 13.7 Å². The minimum absolute atomic E-state index is 0. The molecule has 1 fully saturated rings. The smallest absolute Gasteiger partial charge is 0.331 e. The Labute approximate surface area is 108 Å². The molecule has 0 spiro atoms. The van der Waals surface area contributed by atoms with E-state index in [4.69, 9.17) is 10.5 Å². The van der Waals surface area contributed by atoms with E-state index < -0.39 is 5.54 Å². The molecule has 0 aromatic heterocycles. The first-order valence-electron chi connectivity index (χ1n) is 5.63. The average Bonchev–Trinajstić information content (AvgIpc) is 2.31. The third-order valence-electron chi connectivity index (χ3n) is 3.27. The fourth-order valence-corrected chi connectivity index (χ4v) is 2.15. The first kappa shape index (κ1) is 16.2. The number of nitrogens with two attached hydrogens (primary N) is 1. The molecule has 5 nitrogen and oxygen atoms in total. The first-order valence-corrected chi connectivity index (χ1v) is 5.63. The molecule has 0 atom stereocenters. The number of hydrogen-bond donors (Lipinski definition) is 2. The number of nitrogens with one attached hydrogen (secondary N) is 1. The van der Waals surface area contributed by atoms with Crippen molar-refractivity contribution in [3.8, 4) is 0 Å². The number of halogens is 1. The molecule has 17 heavy (non-hydrogen) atoms. The SMILES string of the molecule is COC(=O)C1(NC(=O)CN)CCC(C)CC1.Cl. The Morgan fingerprint density at radius 1 is 1.41 bits per heavy atom. The quantitative estimate of drug-likeness (QED) is 0.732. The van der Waals surface area contributed by atoms with E-state index in [0.29, 0.717) is 18.8 Å². The van der Waals surface area contributed by atoms with Gasteiger partial charge in [0.2, 0.25) is 5.91 Å². The van der Waals surface area contributed by atoms with Gasteiger partial charge in [0.15, 0.2) is 0 Å². The number of methoxy groups -OCH3 is 1. The van der Waals surface area contributed by atoms with Crippen LogP contribution >= 0.6 is 12.4 Å². The van der Waals surface area contributed by atoms with Crippen molar-refractivity contribution in [2.45, 2.75) is 38.1 Å². The number of amides is 1. The average molecular weight is 265 g/mol. The Kier molecular flexibility index (Phi) is 6.49. The van der Waals surface area contributed by atoms with Gasteiger partial charge in [-0.2, -0.15) is 0 Å². The maximum Gasteiger partial charge on any atom is 0.331 e. The van der Waals surface area contributed by atoms with Crippen LogP contribution in [0.2, 0.25) is 0 Å². The first-order chi connectivity index (χ1) is 7.54. The van der Waals surface area contributed by atoms with E-state index in [-0.39, 0.29) is 30.8 Å². The topological polar surface area (TPSA) is 81.4 Å². The Hall–Kier alpha value is -0.810. The van der Waals surface area contributed by atoms with Crippen LogP contribution in [-0.2, 0) is 14.3 Å². The lowest BCUT2D eigenvalue weighted by atomic mass is 9.77. The van der Waals surface area contributed by atoms with Crippen LogP contribution in [0.15, 0.2) is 0 Å². The normalized spacial score (nSPS) is 27.8. The zero-order chi connectivity index (χ0) is 12.2. The highest BCUT2D eigenvalue weighted by molar-refractivity contribution is 5.88. The predicted octanol–water partition coefficient (Wildman–Crippen LogP) is 0.605. The molecule has 0 heterocycles. The van der Waals surface area contributed by atoms with E-state index in [0.717, 1.165) is 12.8 Å². The molecule has 3 N–H and O–H groups in total. The number of esters is 1. The molecule has 0 saturated heterocycles. The van der Waals surface area contributed by atoms with Gasteiger partial charge in [-0.15, -0.1) is 12.4 Å². The number of ether oxygens (including phenoxy) is 1. The molecular formula is C11H21ClN2O3. The monoisotopic (exact) mass is 264 g/mol. The Morgan fingerprint density at radius 3 is 2.35 bits per heavy atom. The summed E-state index contributed by atoms with van der Waals surface area (Å²) in [5.41, 5.74) is 4.40. The van der Waals surface area contributed by atoms with Crippen LogP contribution in [0.4, 0.5) is 0 Å². The van der Waals surface area contributed by atoms with Crippen LogP contribution in [-0.4, -0.2) is 31.1 Å². The van der Waals surface area contributed by atoms with Gasteiger partial charge in [-0.1, -0.05) is 6.92 Å². The van der Waals surface area contributed by atoms with Crippen molar-refractivity contribution < 1.29 is 14.3 Å². The predicted molar refractivity (Wildman–Crippen MR) is 66.8 cm³/mol. The highest BCUT2D eigenvalue weighted by atomic mass is 35.5. The van der Waals surface area contributed by atoms with Crippen LogP contribution in [0, 0.1) is 5.92 Å². The second-order valence-electron chi connectivity index (χ2n) is 4.51. The Morgan fingerprint density at radius 2 is 1.94 bits per heavy atom. The van der Waals surface area contributed by atoms with Crippen LogP contribution in [0.1, 0.15) is 32.6 Å². The van der Waals surface area contributed by atoms with Crippen molar-refractivity contribution in [3.05, 3.63) is 0 Å². The van der Waals surface area contributed by atoms with Crippen LogP contribution in [0.25, 0.3) is 0 Å². The molecule has 0 aliphatic heterocycles. The molecule has 0 bridgehead atoms. The minimum Gasteiger partial charge on any atom is -0.467 e. The van der Waals surface area contributed by atoms with Gasteiger partial charge in [0.1, 0.15) is 5.54 Å². The van der Waals surface area contributed by atoms with Crippen LogP contribution < -0.4 is 11.1 Å². The van der Waals surface area contributed by atoms with E-state index in [1.807, 2.05) is 0 Å². The summed E-state index contributed by atoms with van der Waals surface area (Å²) < 4.78 is 4.78. The molecule has 1 aliphatic rings. The van der Waals surface area contributed by atoms with Gasteiger partial charge in [0.05, 0.1) is 13.7 Å². The molecule has 1 amide bonds. The molecule has 1 saturated carbocycles. The molecule has 1 rings (SSSR count).